The molecule has 2 nitrogen and oxygen atoms in total. The van der Waals surface area contributed by atoms with Crippen molar-refractivity contribution in [2.75, 3.05) is 14.2 Å². The molecule has 0 fully saturated rings. The van der Waals surface area contributed by atoms with Crippen LogP contribution in [-0.4, -0.2) is 14.2 Å². The van der Waals surface area contributed by atoms with Gasteiger partial charge in [0.15, 0.2) is 9.79 Å². The van der Waals surface area contributed by atoms with Gasteiger partial charge in [0.2, 0.25) is 4.21 Å². The van der Waals surface area contributed by atoms with E-state index in [1.807, 2.05) is 35.6 Å². The molecule has 0 atom stereocenters. The molecule has 0 aliphatic carbocycles. The maximum Gasteiger partial charge on any atom is 0.220 e. The van der Waals surface area contributed by atoms with Crippen LogP contribution in [0, 0.1) is 0 Å². The Kier molecular flexibility index (Phi) is 6.53. The van der Waals surface area contributed by atoms with Crippen molar-refractivity contribution in [3.05, 3.63) is 102 Å². The molecule has 0 bridgehead atoms. The Hall–Kier alpha value is -2.99. The van der Waals surface area contributed by atoms with Gasteiger partial charge >= 0.3 is 0 Å². The predicted octanol–water partition coefficient (Wildman–Crippen LogP) is 8.26. The second-order valence-electron chi connectivity index (χ2n) is 7.33. The summed E-state index contributed by atoms with van der Waals surface area (Å²) in [4.78, 5) is 5.11. The lowest BCUT2D eigenvalue weighted by Crippen LogP contribution is -2.03. The van der Waals surface area contributed by atoms with Crippen molar-refractivity contribution in [2.45, 2.75) is 14.0 Å². The highest BCUT2D eigenvalue weighted by atomic mass is 32.2. The van der Waals surface area contributed by atoms with Gasteiger partial charge in [-0.15, -0.1) is 11.3 Å². The standard InChI is InChI=1S/C28H23O2S3/c1-29-22-9-13-24(14-10-22)33(25-15-11-23(30-2)12-16-25)28-18-17-27(32-28)21-7-5-20(6-8-21)26-4-3-19-31-26/h3-19H,1-2H3/q+1. The molecule has 5 heteroatoms. The summed E-state index contributed by atoms with van der Waals surface area (Å²) in [5.41, 5.74) is 2.52. The van der Waals surface area contributed by atoms with E-state index in [4.69, 9.17) is 9.47 Å². The van der Waals surface area contributed by atoms with Crippen molar-refractivity contribution in [1.29, 1.82) is 0 Å². The van der Waals surface area contributed by atoms with Crippen LogP contribution < -0.4 is 9.47 Å². The normalized spacial score (nSPS) is 11.0. The molecule has 0 aliphatic heterocycles. The lowest BCUT2D eigenvalue weighted by molar-refractivity contribution is 0.414. The third kappa shape index (κ3) is 4.71. The average molecular weight is 488 g/mol. The number of hydrogen-bond acceptors (Lipinski definition) is 4. The smallest absolute Gasteiger partial charge is 0.220 e. The molecule has 0 saturated heterocycles. The molecule has 164 valence electrons. The van der Waals surface area contributed by atoms with Crippen LogP contribution in [-0.2, 0) is 10.9 Å². The van der Waals surface area contributed by atoms with Crippen LogP contribution in [0.3, 0.4) is 0 Å². The topological polar surface area (TPSA) is 18.5 Å². The van der Waals surface area contributed by atoms with Gasteiger partial charge in [-0.1, -0.05) is 41.7 Å². The summed E-state index contributed by atoms with van der Waals surface area (Å²) in [6.07, 6.45) is 0. The van der Waals surface area contributed by atoms with Crippen LogP contribution in [0.15, 0.2) is 116 Å². The molecule has 0 radical (unpaired) electrons. The Bertz CT molecular complexity index is 1260. The minimum absolute atomic E-state index is 0.208. The Morgan fingerprint density at radius 2 is 1.12 bits per heavy atom. The second-order valence-corrected chi connectivity index (χ2v) is 11.6. The summed E-state index contributed by atoms with van der Waals surface area (Å²) in [7, 11) is 3.20. The number of ether oxygens (including phenoxy) is 2. The summed E-state index contributed by atoms with van der Waals surface area (Å²) >= 11 is 3.63. The zero-order valence-corrected chi connectivity index (χ0v) is 20.8. The Morgan fingerprint density at radius 3 is 1.61 bits per heavy atom. The fourth-order valence-electron chi connectivity index (χ4n) is 3.62. The van der Waals surface area contributed by atoms with Crippen LogP contribution in [0.25, 0.3) is 20.9 Å². The third-order valence-corrected chi connectivity index (χ3v) is 9.97. The molecule has 5 rings (SSSR count). The van der Waals surface area contributed by atoms with Crippen LogP contribution in [0.5, 0.6) is 11.5 Å². The maximum atomic E-state index is 5.38. The molecule has 3 aromatic carbocycles. The highest BCUT2D eigenvalue weighted by Crippen LogP contribution is 2.40. The first-order chi connectivity index (χ1) is 16.2. The van der Waals surface area contributed by atoms with Crippen molar-refractivity contribution in [1.82, 2.24) is 0 Å². The summed E-state index contributed by atoms with van der Waals surface area (Å²) in [5.74, 6) is 1.74. The van der Waals surface area contributed by atoms with E-state index in [0.29, 0.717) is 0 Å². The third-order valence-electron chi connectivity index (χ3n) is 5.35. The first-order valence-corrected chi connectivity index (χ1v) is 13.4. The number of benzene rings is 3. The molecule has 33 heavy (non-hydrogen) atoms. The quantitative estimate of drug-likeness (QED) is 0.215. The van der Waals surface area contributed by atoms with Crippen molar-refractivity contribution >= 4 is 33.6 Å². The molecule has 2 heterocycles. The molecule has 0 unspecified atom stereocenters. The highest BCUT2D eigenvalue weighted by molar-refractivity contribution is 7.99. The molecule has 0 saturated carbocycles. The maximum absolute atomic E-state index is 5.38. The van der Waals surface area contributed by atoms with Gasteiger partial charge in [-0.25, -0.2) is 0 Å². The van der Waals surface area contributed by atoms with Gasteiger partial charge in [0.05, 0.1) is 14.2 Å². The number of methoxy groups -OCH3 is 2. The van der Waals surface area contributed by atoms with E-state index < -0.39 is 0 Å². The van der Waals surface area contributed by atoms with Gasteiger partial charge < -0.3 is 9.47 Å². The van der Waals surface area contributed by atoms with Crippen molar-refractivity contribution in [3.63, 3.8) is 0 Å². The molecular weight excluding hydrogens is 465 g/mol. The predicted molar refractivity (Wildman–Crippen MR) is 141 cm³/mol. The van der Waals surface area contributed by atoms with Crippen LogP contribution in [0.2, 0.25) is 0 Å². The Morgan fingerprint density at radius 1 is 0.576 bits per heavy atom. The van der Waals surface area contributed by atoms with Crippen LogP contribution >= 0.6 is 22.7 Å². The van der Waals surface area contributed by atoms with Gasteiger partial charge in [-0.05, 0) is 77.2 Å². The van der Waals surface area contributed by atoms with E-state index in [1.54, 1.807) is 25.6 Å². The monoisotopic (exact) mass is 487 g/mol. The van der Waals surface area contributed by atoms with Gasteiger partial charge in [0.1, 0.15) is 22.4 Å². The van der Waals surface area contributed by atoms with E-state index >= 15 is 0 Å². The minimum atomic E-state index is -0.208. The fourth-order valence-corrected chi connectivity index (χ4v) is 8.03. The minimum Gasteiger partial charge on any atom is -0.497 e. The summed E-state index contributed by atoms with van der Waals surface area (Å²) < 4.78 is 12.1. The van der Waals surface area contributed by atoms with E-state index in [2.05, 4.69) is 78.2 Å². The number of thiophene rings is 2. The average Bonchev–Trinajstić information content (AvgIpc) is 3.58. The van der Waals surface area contributed by atoms with E-state index in [0.717, 1.165) is 11.5 Å². The lowest BCUT2D eigenvalue weighted by atomic mass is 10.1. The van der Waals surface area contributed by atoms with Crippen LogP contribution in [0.4, 0.5) is 0 Å². The van der Waals surface area contributed by atoms with Gasteiger partial charge in [0, 0.05) is 15.8 Å². The van der Waals surface area contributed by atoms with Crippen molar-refractivity contribution < 1.29 is 9.47 Å². The fraction of sp³-hybridized carbons (Fsp3) is 0.0714. The Labute approximate surface area is 205 Å². The molecule has 2 aromatic heterocycles. The molecular formula is C28H23O2S3+. The molecule has 0 amide bonds. The van der Waals surface area contributed by atoms with E-state index in [9.17, 15) is 0 Å². The van der Waals surface area contributed by atoms with Crippen LogP contribution in [0.1, 0.15) is 0 Å². The lowest BCUT2D eigenvalue weighted by Gasteiger charge is -2.08. The van der Waals surface area contributed by atoms with Gasteiger partial charge in [0.25, 0.3) is 0 Å². The largest absolute Gasteiger partial charge is 0.497 e. The molecule has 5 aromatic rings. The highest BCUT2D eigenvalue weighted by Gasteiger charge is 2.31. The van der Waals surface area contributed by atoms with Crippen molar-refractivity contribution in [2.24, 2.45) is 0 Å². The zero-order valence-electron chi connectivity index (χ0n) is 18.4. The number of hydrogen-bond donors (Lipinski definition) is 0. The first-order valence-electron chi connectivity index (χ1n) is 10.5. The first kappa shape index (κ1) is 21.8. The molecule has 0 aliphatic rings. The molecule has 0 spiro atoms. The summed E-state index contributed by atoms with van der Waals surface area (Å²) in [6, 6.07) is 34.5. The Balaban J connectivity index is 1.50. The summed E-state index contributed by atoms with van der Waals surface area (Å²) in [5, 5.41) is 2.12. The van der Waals surface area contributed by atoms with E-state index in [1.165, 1.54) is 34.9 Å². The van der Waals surface area contributed by atoms with Gasteiger partial charge in [-0.2, -0.15) is 0 Å². The number of rotatable bonds is 7. The second kappa shape index (κ2) is 9.87. The van der Waals surface area contributed by atoms with E-state index in [-0.39, 0.29) is 10.9 Å². The SMILES string of the molecule is COc1ccc([S+](c2ccc(OC)cc2)c2ccc(-c3ccc(-c4cccs4)cc3)s2)cc1. The van der Waals surface area contributed by atoms with Gasteiger partial charge in [-0.3, -0.25) is 0 Å². The zero-order chi connectivity index (χ0) is 22.6. The summed E-state index contributed by atoms with van der Waals surface area (Å²) in [6.45, 7) is 0. The molecule has 0 N–H and O–H groups in total. The van der Waals surface area contributed by atoms with Crippen molar-refractivity contribution in [3.8, 4) is 32.4 Å².